The molecule has 2 amide bonds. The third-order valence-electron chi connectivity index (χ3n) is 3.16. The van der Waals surface area contributed by atoms with Crippen LogP contribution in [0.1, 0.15) is 30.6 Å². The molecule has 0 saturated carbocycles. The van der Waals surface area contributed by atoms with Gasteiger partial charge in [-0.3, -0.25) is 20.4 Å². The first-order chi connectivity index (χ1) is 11.5. The number of nitrogens with one attached hydrogen (secondary N) is 2. The van der Waals surface area contributed by atoms with E-state index in [1.807, 2.05) is 10.9 Å². The van der Waals surface area contributed by atoms with E-state index in [1.54, 1.807) is 6.92 Å². The molecule has 7 nitrogen and oxygen atoms in total. The maximum absolute atomic E-state index is 12.5. The highest BCUT2D eigenvalue weighted by molar-refractivity contribution is 5.96. The molecule has 1 aromatic carbocycles. The normalized spacial score (nSPS) is 13.6. The molecule has 0 saturated heterocycles. The molecule has 0 aliphatic heterocycles. The molecule has 0 fully saturated rings. The molecule has 0 aromatic heterocycles. The molecule has 3 N–H and O–H groups in total. The predicted octanol–water partition coefficient (Wildman–Crippen LogP) is 1.56. The number of carbonyl (C=O) groups is 2. The molecule has 10 heteroatoms. The Morgan fingerprint density at radius 2 is 1.84 bits per heavy atom. The summed E-state index contributed by atoms with van der Waals surface area (Å²) in [4.78, 5) is 23.4. The third kappa shape index (κ3) is 5.52. The topological polar surface area (TPSA) is 96.9 Å². The zero-order valence-corrected chi connectivity index (χ0v) is 13.9. The number of methoxy groups -OCH3 is 1. The standard InChI is InChI=1S/C15H19F3N2O5/c1-4-25-10-6-5-9(7-11(10)24-3)13(22)20-19-12(21)8-14(2,23)15(16,17)18/h5-7,23H,4,8H2,1-3H3,(H,19,21)(H,20,22)/t14-/m0/s1. The van der Waals surface area contributed by atoms with Gasteiger partial charge in [-0.25, -0.2) is 0 Å². The van der Waals surface area contributed by atoms with Gasteiger partial charge < -0.3 is 14.6 Å². The zero-order valence-electron chi connectivity index (χ0n) is 13.9. The highest BCUT2D eigenvalue weighted by Crippen LogP contribution is 2.32. The van der Waals surface area contributed by atoms with Crippen LogP contribution in [0.2, 0.25) is 0 Å². The van der Waals surface area contributed by atoms with Crippen LogP contribution in [0.25, 0.3) is 0 Å². The van der Waals surface area contributed by atoms with Crippen LogP contribution in [0.15, 0.2) is 18.2 Å². The average molecular weight is 364 g/mol. The van der Waals surface area contributed by atoms with Crippen molar-refractivity contribution in [2.45, 2.75) is 32.0 Å². The molecule has 0 aliphatic rings. The van der Waals surface area contributed by atoms with Crippen LogP contribution in [0.5, 0.6) is 11.5 Å². The van der Waals surface area contributed by atoms with Crippen molar-refractivity contribution in [1.82, 2.24) is 10.9 Å². The number of carbonyl (C=O) groups excluding carboxylic acids is 2. The lowest BCUT2D eigenvalue weighted by molar-refractivity contribution is -0.253. The Balaban J connectivity index is 2.69. The number of halogens is 3. The number of benzene rings is 1. The SMILES string of the molecule is CCOc1ccc(C(=O)NNC(=O)C[C@](C)(O)C(F)(F)F)cc1OC. The summed E-state index contributed by atoms with van der Waals surface area (Å²) in [5.41, 5.74) is 0.660. The van der Waals surface area contributed by atoms with E-state index in [2.05, 4.69) is 0 Å². The Morgan fingerprint density at radius 1 is 1.20 bits per heavy atom. The molecule has 0 spiro atoms. The number of ether oxygens (including phenoxy) is 2. The van der Waals surface area contributed by atoms with Gasteiger partial charge in [-0.15, -0.1) is 0 Å². The smallest absolute Gasteiger partial charge is 0.417 e. The molecular formula is C15H19F3N2O5. The van der Waals surface area contributed by atoms with E-state index in [0.717, 1.165) is 0 Å². The molecule has 1 atom stereocenters. The number of hydrogen-bond donors (Lipinski definition) is 3. The summed E-state index contributed by atoms with van der Waals surface area (Å²) < 4.78 is 47.8. The van der Waals surface area contributed by atoms with Crippen molar-refractivity contribution in [2.75, 3.05) is 13.7 Å². The fraction of sp³-hybridized carbons (Fsp3) is 0.467. The molecule has 25 heavy (non-hydrogen) atoms. The van der Waals surface area contributed by atoms with E-state index in [-0.39, 0.29) is 11.3 Å². The number of aliphatic hydroxyl groups is 1. The van der Waals surface area contributed by atoms with E-state index >= 15 is 0 Å². The van der Waals surface area contributed by atoms with Gasteiger partial charge in [0.1, 0.15) is 0 Å². The second-order valence-corrected chi connectivity index (χ2v) is 5.25. The van der Waals surface area contributed by atoms with Crippen LogP contribution in [-0.4, -0.2) is 42.4 Å². The second-order valence-electron chi connectivity index (χ2n) is 5.25. The molecule has 0 radical (unpaired) electrons. The maximum Gasteiger partial charge on any atom is 0.417 e. The van der Waals surface area contributed by atoms with Crippen LogP contribution in [0.4, 0.5) is 13.2 Å². The monoisotopic (exact) mass is 364 g/mol. The van der Waals surface area contributed by atoms with E-state index in [9.17, 15) is 27.9 Å². The first-order valence-corrected chi connectivity index (χ1v) is 7.21. The summed E-state index contributed by atoms with van der Waals surface area (Å²) in [7, 11) is 1.38. The molecule has 0 unspecified atom stereocenters. The Hall–Kier alpha value is -2.49. The van der Waals surface area contributed by atoms with Crippen LogP contribution >= 0.6 is 0 Å². The number of rotatable bonds is 6. The molecule has 0 bridgehead atoms. The van der Waals surface area contributed by atoms with Crippen LogP contribution in [-0.2, 0) is 4.79 Å². The second kappa shape index (κ2) is 8.06. The maximum atomic E-state index is 12.5. The lowest BCUT2D eigenvalue weighted by Crippen LogP contribution is -2.49. The van der Waals surface area contributed by atoms with Crippen LogP contribution in [0.3, 0.4) is 0 Å². The Kier molecular flexibility index (Phi) is 6.63. The van der Waals surface area contributed by atoms with Gasteiger partial charge in [0.25, 0.3) is 5.91 Å². The van der Waals surface area contributed by atoms with E-state index in [1.165, 1.54) is 25.3 Å². The summed E-state index contributed by atoms with van der Waals surface area (Å²) in [5, 5.41) is 9.22. The Labute approximate surface area is 142 Å². The van der Waals surface area contributed by atoms with Crippen molar-refractivity contribution in [3.63, 3.8) is 0 Å². The Morgan fingerprint density at radius 3 is 2.36 bits per heavy atom. The number of amides is 2. The van der Waals surface area contributed by atoms with Gasteiger partial charge in [0, 0.05) is 5.56 Å². The van der Waals surface area contributed by atoms with Gasteiger partial charge in [0.2, 0.25) is 5.91 Å². The summed E-state index contributed by atoms with van der Waals surface area (Å²) in [6.07, 6.45) is -6.24. The molecule has 1 rings (SSSR count). The third-order valence-corrected chi connectivity index (χ3v) is 3.16. The summed E-state index contributed by atoms with van der Waals surface area (Å²) in [5.74, 6) is -1.29. The summed E-state index contributed by atoms with van der Waals surface area (Å²) in [6.45, 7) is 2.62. The van der Waals surface area contributed by atoms with Crippen molar-refractivity contribution in [2.24, 2.45) is 0 Å². The van der Waals surface area contributed by atoms with Gasteiger partial charge in [-0.05, 0) is 32.0 Å². The molecule has 1 aromatic rings. The highest BCUT2D eigenvalue weighted by Gasteiger charge is 2.51. The summed E-state index contributed by atoms with van der Waals surface area (Å²) >= 11 is 0. The van der Waals surface area contributed by atoms with Crippen LogP contribution in [0, 0.1) is 0 Å². The first kappa shape index (κ1) is 20.6. The molecule has 0 aliphatic carbocycles. The fourth-order valence-corrected chi connectivity index (χ4v) is 1.74. The Bertz CT molecular complexity index is 632. The van der Waals surface area contributed by atoms with E-state index in [4.69, 9.17) is 9.47 Å². The number of alkyl halides is 3. The quantitative estimate of drug-likeness (QED) is 0.666. The van der Waals surface area contributed by atoms with Crippen molar-refractivity contribution in [3.8, 4) is 11.5 Å². The van der Waals surface area contributed by atoms with Gasteiger partial charge >= 0.3 is 6.18 Å². The minimum Gasteiger partial charge on any atom is -0.493 e. The lowest BCUT2D eigenvalue weighted by Gasteiger charge is -2.25. The van der Waals surface area contributed by atoms with Gasteiger partial charge in [0.15, 0.2) is 17.1 Å². The van der Waals surface area contributed by atoms with Gasteiger partial charge in [0.05, 0.1) is 20.1 Å². The molecule has 140 valence electrons. The van der Waals surface area contributed by atoms with Crippen LogP contribution < -0.4 is 20.3 Å². The lowest BCUT2D eigenvalue weighted by atomic mass is 10.0. The molecular weight excluding hydrogens is 345 g/mol. The minimum atomic E-state index is -4.98. The highest BCUT2D eigenvalue weighted by atomic mass is 19.4. The zero-order chi connectivity index (χ0) is 19.3. The predicted molar refractivity (Wildman–Crippen MR) is 81.1 cm³/mol. The van der Waals surface area contributed by atoms with Crippen molar-refractivity contribution in [3.05, 3.63) is 23.8 Å². The molecule has 0 heterocycles. The van der Waals surface area contributed by atoms with E-state index < -0.39 is 30.0 Å². The fourth-order valence-electron chi connectivity index (χ4n) is 1.74. The first-order valence-electron chi connectivity index (χ1n) is 7.21. The van der Waals surface area contributed by atoms with Crippen molar-refractivity contribution in [1.29, 1.82) is 0 Å². The average Bonchev–Trinajstić information content (AvgIpc) is 2.51. The minimum absolute atomic E-state index is 0.0863. The van der Waals surface area contributed by atoms with Crippen molar-refractivity contribution >= 4 is 11.8 Å². The van der Waals surface area contributed by atoms with Gasteiger partial charge in [-0.2, -0.15) is 13.2 Å². The number of hydrazine groups is 1. The van der Waals surface area contributed by atoms with E-state index in [0.29, 0.717) is 19.3 Å². The summed E-state index contributed by atoms with van der Waals surface area (Å²) in [6, 6.07) is 4.22. The largest absolute Gasteiger partial charge is 0.493 e. The van der Waals surface area contributed by atoms with Crippen molar-refractivity contribution < 1.29 is 37.3 Å². The van der Waals surface area contributed by atoms with Gasteiger partial charge in [-0.1, -0.05) is 0 Å². The number of hydrogen-bond acceptors (Lipinski definition) is 5.